The number of carbonyl (C=O) groups excluding carboxylic acids is 4. The van der Waals surface area contributed by atoms with E-state index < -0.39 is 59.6 Å². The van der Waals surface area contributed by atoms with E-state index in [1.807, 2.05) is 44.2 Å². The lowest BCUT2D eigenvalue weighted by Crippen LogP contribution is -2.58. The fourth-order valence-electron chi connectivity index (χ4n) is 7.27. The largest absolute Gasteiger partial charge is 0.455 e. The van der Waals surface area contributed by atoms with Gasteiger partial charge in [-0.15, -0.1) is 13.2 Å². The van der Waals surface area contributed by atoms with E-state index in [0.29, 0.717) is 31.5 Å². The Morgan fingerprint density at radius 3 is 2.52 bits per heavy atom. The molecule has 4 rings (SSSR count). The predicted octanol–water partition coefficient (Wildman–Crippen LogP) is 4.03. The zero-order valence-corrected chi connectivity index (χ0v) is 28.9. The van der Waals surface area contributed by atoms with Crippen molar-refractivity contribution in [3.63, 3.8) is 0 Å². The van der Waals surface area contributed by atoms with Gasteiger partial charge in [0.1, 0.15) is 17.7 Å². The predicted molar refractivity (Wildman–Crippen MR) is 178 cm³/mol. The Labute approximate surface area is 280 Å². The number of alkyl halides is 1. The number of hydrogen-bond donors (Lipinski definition) is 1. The third-order valence-corrected chi connectivity index (χ3v) is 10.6. The van der Waals surface area contributed by atoms with Crippen LogP contribution in [0.2, 0.25) is 0 Å². The molecule has 3 heterocycles. The smallest absolute Gasteiger partial charge is 0.313 e. The topological polar surface area (TPSA) is 117 Å². The van der Waals surface area contributed by atoms with E-state index in [1.165, 1.54) is 4.90 Å². The average molecular weight is 703 g/mol. The molecular weight excluding hydrogens is 654 g/mol. The first-order valence-corrected chi connectivity index (χ1v) is 17.2. The lowest BCUT2D eigenvalue weighted by Gasteiger charge is -2.38. The summed E-state index contributed by atoms with van der Waals surface area (Å²) < 4.78 is 12.9. The number of amides is 3. The van der Waals surface area contributed by atoms with Crippen LogP contribution in [0.1, 0.15) is 64.5 Å². The summed E-state index contributed by atoms with van der Waals surface area (Å²) in [5.74, 6) is -3.40. The van der Waals surface area contributed by atoms with E-state index in [-0.39, 0.29) is 29.7 Å². The van der Waals surface area contributed by atoms with Crippen molar-refractivity contribution in [2.75, 3.05) is 26.7 Å². The SMILES string of the molecule is C=CCCC(=O)N(C)[C@@H](C)[C@@H](OC(=O)[C@@H]1[C@H]2O[C@@]3(CC2Br)[C@H](C(=O)N(CC=C)CCCC)N([C@H](C)CO)C(=O)[C@@H]13)c1ccccc1. The van der Waals surface area contributed by atoms with Crippen molar-refractivity contribution < 1.29 is 33.8 Å². The fourth-order valence-corrected chi connectivity index (χ4v) is 8.21. The second-order valence-electron chi connectivity index (χ2n) is 12.7. The summed E-state index contributed by atoms with van der Waals surface area (Å²) in [6.07, 6.45) is 4.61. The van der Waals surface area contributed by atoms with Gasteiger partial charge in [0.05, 0.1) is 36.6 Å². The van der Waals surface area contributed by atoms with Gasteiger partial charge in [0.25, 0.3) is 0 Å². The van der Waals surface area contributed by atoms with Gasteiger partial charge in [0.15, 0.2) is 0 Å². The molecule has 9 atom stereocenters. The second kappa shape index (κ2) is 15.3. The van der Waals surface area contributed by atoms with Gasteiger partial charge in [-0.1, -0.05) is 71.8 Å². The lowest BCUT2D eigenvalue weighted by molar-refractivity contribution is -0.165. The van der Waals surface area contributed by atoms with E-state index in [0.717, 1.165) is 12.8 Å². The number of fused-ring (bicyclic) bond motifs is 1. The minimum Gasteiger partial charge on any atom is -0.455 e. The normalized spacial score (nSPS) is 28.3. The summed E-state index contributed by atoms with van der Waals surface area (Å²) >= 11 is 3.71. The van der Waals surface area contributed by atoms with Gasteiger partial charge in [-0.25, -0.2) is 0 Å². The number of carbonyl (C=O) groups is 4. The number of allylic oxidation sites excluding steroid dienone is 1. The van der Waals surface area contributed by atoms with Crippen molar-refractivity contribution in [2.24, 2.45) is 11.8 Å². The third-order valence-electron chi connectivity index (χ3n) is 9.79. The molecular formula is C35H48BrN3O7. The molecule has 0 radical (unpaired) electrons. The number of unbranched alkanes of at least 4 members (excludes halogenated alkanes) is 1. The number of nitrogens with zero attached hydrogens (tertiary/aromatic N) is 3. The number of halogens is 1. The van der Waals surface area contributed by atoms with Crippen LogP contribution in [0.15, 0.2) is 55.6 Å². The van der Waals surface area contributed by atoms with Crippen LogP contribution in [-0.4, -0.2) is 105 Å². The van der Waals surface area contributed by atoms with Crippen LogP contribution in [0.5, 0.6) is 0 Å². The maximum Gasteiger partial charge on any atom is 0.313 e. The molecule has 2 bridgehead atoms. The Morgan fingerprint density at radius 1 is 1.22 bits per heavy atom. The number of rotatable bonds is 16. The van der Waals surface area contributed by atoms with Crippen LogP contribution in [-0.2, 0) is 28.7 Å². The molecule has 3 fully saturated rings. The van der Waals surface area contributed by atoms with E-state index >= 15 is 0 Å². The molecule has 3 saturated heterocycles. The van der Waals surface area contributed by atoms with Crippen molar-refractivity contribution in [3.05, 3.63) is 61.2 Å². The fraction of sp³-hybridized carbons (Fsp3) is 0.600. The summed E-state index contributed by atoms with van der Waals surface area (Å²) in [6.45, 7) is 13.5. The Morgan fingerprint density at radius 2 is 1.91 bits per heavy atom. The number of likely N-dealkylation sites (tertiary alicyclic amines) is 1. The van der Waals surface area contributed by atoms with E-state index in [2.05, 4.69) is 29.1 Å². The molecule has 252 valence electrons. The minimum atomic E-state index is -1.28. The summed E-state index contributed by atoms with van der Waals surface area (Å²) in [4.78, 5) is 60.4. The van der Waals surface area contributed by atoms with Crippen LogP contribution in [0.3, 0.4) is 0 Å². The number of esters is 1. The Balaban J connectivity index is 1.71. The highest BCUT2D eigenvalue weighted by molar-refractivity contribution is 9.09. The zero-order valence-electron chi connectivity index (χ0n) is 27.3. The molecule has 46 heavy (non-hydrogen) atoms. The molecule has 11 heteroatoms. The Hall–Kier alpha value is -3.02. The maximum absolute atomic E-state index is 14.4. The average Bonchev–Trinajstić information content (AvgIpc) is 3.66. The molecule has 3 amide bonds. The standard InChI is InChI=1S/C35H48BrN3O7/c1-7-10-17-26(41)37(6)23(5)29(24-15-13-12-14-16-24)45-34(44)27-28-32(42)39(22(4)21-40)31(35(28)20-25(36)30(27)46-35)33(43)38(18-9-3)19-11-8-2/h7,9,12-16,22-23,25,27-31,40H,1,3,8,10-11,17-21H2,2,4-6H3/t22-,23+,25?,27+,28-,29-,30+,31+,35-/m1/s1. The molecule has 0 aliphatic carbocycles. The van der Waals surface area contributed by atoms with Gasteiger partial charge in [-0.2, -0.15) is 0 Å². The van der Waals surface area contributed by atoms with Gasteiger partial charge in [0.2, 0.25) is 17.7 Å². The Bertz CT molecular complexity index is 1290. The van der Waals surface area contributed by atoms with Gasteiger partial charge in [0, 0.05) is 31.4 Å². The molecule has 1 spiro atoms. The number of benzene rings is 1. The summed E-state index contributed by atoms with van der Waals surface area (Å²) in [5, 5.41) is 10.2. The molecule has 3 aliphatic rings. The lowest BCUT2D eigenvalue weighted by atomic mass is 9.70. The van der Waals surface area contributed by atoms with Crippen molar-refractivity contribution in [1.82, 2.24) is 14.7 Å². The molecule has 1 aromatic rings. The van der Waals surface area contributed by atoms with Crippen molar-refractivity contribution in [2.45, 2.75) is 93.6 Å². The Kier molecular flexibility index (Phi) is 11.9. The van der Waals surface area contributed by atoms with Gasteiger partial charge in [-0.3, -0.25) is 19.2 Å². The van der Waals surface area contributed by atoms with Crippen molar-refractivity contribution >= 4 is 39.6 Å². The zero-order chi connectivity index (χ0) is 33.8. The van der Waals surface area contributed by atoms with Crippen LogP contribution in [0, 0.1) is 11.8 Å². The molecule has 0 aromatic heterocycles. The van der Waals surface area contributed by atoms with Gasteiger partial charge < -0.3 is 29.3 Å². The van der Waals surface area contributed by atoms with Crippen LogP contribution >= 0.6 is 15.9 Å². The van der Waals surface area contributed by atoms with E-state index in [9.17, 15) is 24.3 Å². The maximum atomic E-state index is 14.4. The van der Waals surface area contributed by atoms with Crippen LogP contribution < -0.4 is 0 Å². The number of aliphatic hydroxyl groups is 1. The van der Waals surface area contributed by atoms with E-state index in [1.54, 1.807) is 35.9 Å². The number of aliphatic hydroxyl groups excluding tert-OH is 1. The van der Waals surface area contributed by atoms with Crippen LogP contribution in [0.4, 0.5) is 0 Å². The highest BCUT2D eigenvalue weighted by Gasteiger charge is 2.77. The third kappa shape index (κ3) is 6.55. The first-order valence-electron chi connectivity index (χ1n) is 16.3. The minimum absolute atomic E-state index is 0.111. The van der Waals surface area contributed by atoms with Crippen molar-refractivity contribution in [1.29, 1.82) is 0 Å². The molecule has 10 nitrogen and oxygen atoms in total. The first-order chi connectivity index (χ1) is 22.0. The molecule has 3 aliphatic heterocycles. The number of hydrogen-bond acceptors (Lipinski definition) is 7. The van der Waals surface area contributed by atoms with Crippen molar-refractivity contribution in [3.8, 4) is 0 Å². The number of ether oxygens (including phenoxy) is 2. The summed E-state index contributed by atoms with van der Waals surface area (Å²) in [6, 6.07) is 6.98. The molecule has 1 aromatic carbocycles. The van der Waals surface area contributed by atoms with Gasteiger partial charge in [-0.05, 0) is 38.7 Å². The quantitative estimate of drug-likeness (QED) is 0.157. The summed E-state index contributed by atoms with van der Waals surface area (Å²) in [5.41, 5.74) is -0.574. The van der Waals surface area contributed by atoms with Gasteiger partial charge >= 0.3 is 5.97 Å². The second-order valence-corrected chi connectivity index (χ2v) is 13.9. The molecule has 0 saturated carbocycles. The van der Waals surface area contributed by atoms with Crippen LogP contribution in [0.25, 0.3) is 0 Å². The highest BCUT2D eigenvalue weighted by atomic mass is 79.9. The molecule has 1 unspecified atom stereocenters. The first kappa shape index (κ1) is 35.8. The van der Waals surface area contributed by atoms with E-state index in [4.69, 9.17) is 9.47 Å². The summed E-state index contributed by atoms with van der Waals surface area (Å²) in [7, 11) is 1.68. The monoisotopic (exact) mass is 701 g/mol. The molecule has 1 N–H and O–H groups in total. The number of likely N-dealkylation sites (N-methyl/N-ethyl adjacent to an activating group) is 1. The highest BCUT2D eigenvalue weighted by Crippen LogP contribution is 2.61.